The number of carbonyl (C=O) groups is 1. The number of nitrogens with zero attached hydrogens (tertiary/aromatic N) is 4. The predicted molar refractivity (Wildman–Crippen MR) is 79.8 cm³/mol. The summed E-state index contributed by atoms with van der Waals surface area (Å²) in [5.41, 5.74) is 0. The summed E-state index contributed by atoms with van der Waals surface area (Å²) in [7, 11) is 0. The van der Waals surface area contributed by atoms with Crippen LogP contribution in [0.15, 0.2) is 22.8 Å². The topological polar surface area (TPSA) is 85.8 Å². The number of furan rings is 1. The number of aromatic nitrogens is 4. The summed E-state index contributed by atoms with van der Waals surface area (Å²) in [4.78, 5) is 11.7. The molecule has 0 aliphatic carbocycles. The molecule has 2 rings (SSSR count). The van der Waals surface area contributed by atoms with Gasteiger partial charge in [0.05, 0.1) is 23.8 Å². The van der Waals surface area contributed by atoms with Gasteiger partial charge in [-0.15, -0.1) is 16.9 Å². The highest BCUT2D eigenvalue weighted by molar-refractivity contribution is 7.99. The molecule has 0 bridgehead atoms. The van der Waals surface area contributed by atoms with E-state index in [1.807, 2.05) is 26.0 Å². The molecule has 0 radical (unpaired) electrons. The number of hydrogen-bond acceptors (Lipinski definition) is 6. The quantitative estimate of drug-likeness (QED) is 0.794. The van der Waals surface area contributed by atoms with Crippen molar-refractivity contribution >= 4 is 17.7 Å². The Morgan fingerprint density at radius 1 is 1.52 bits per heavy atom. The first-order valence-corrected chi connectivity index (χ1v) is 7.96. The summed E-state index contributed by atoms with van der Waals surface area (Å²) < 4.78 is 6.97. The van der Waals surface area contributed by atoms with Gasteiger partial charge in [0, 0.05) is 13.0 Å². The summed E-state index contributed by atoms with van der Waals surface area (Å²) in [6.45, 7) is 4.62. The highest BCUT2D eigenvalue weighted by atomic mass is 32.2. The van der Waals surface area contributed by atoms with Crippen LogP contribution in [0.1, 0.15) is 31.5 Å². The fourth-order valence-corrected chi connectivity index (χ4v) is 2.54. The van der Waals surface area contributed by atoms with E-state index in [0.717, 1.165) is 11.6 Å². The van der Waals surface area contributed by atoms with Gasteiger partial charge in [-0.25, -0.2) is 4.68 Å². The minimum atomic E-state index is 0.00938. The van der Waals surface area contributed by atoms with Crippen molar-refractivity contribution in [2.75, 3.05) is 12.3 Å². The maximum atomic E-state index is 11.7. The number of hydrogen-bond donors (Lipinski definition) is 1. The zero-order valence-corrected chi connectivity index (χ0v) is 13.0. The molecule has 1 amide bonds. The standard InChI is InChI=1S/C13H19N5O2S/c1-10(2)18-12(15-16-17-18)8-21-9-13(19)14-6-5-11-4-3-7-20-11/h3-4,7,10H,5-6,8-9H2,1-2H3,(H,14,19). The van der Waals surface area contributed by atoms with Crippen LogP contribution < -0.4 is 5.32 Å². The van der Waals surface area contributed by atoms with Crippen LogP contribution in [0.5, 0.6) is 0 Å². The summed E-state index contributed by atoms with van der Waals surface area (Å²) in [6, 6.07) is 3.95. The molecule has 1 N–H and O–H groups in total. The van der Waals surface area contributed by atoms with E-state index < -0.39 is 0 Å². The predicted octanol–water partition coefficient (Wildman–Crippen LogP) is 1.44. The van der Waals surface area contributed by atoms with Crippen LogP contribution in [0, 0.1) is 0 Å². The number of carbonyl (C=O) groups excluding carboxylic acids is 1. The van der Waals surface area contributed by atoms with Crippen molar-refractivity contribution < 1.29 is 9.21 Å². The molecule has 2 heterocycles. The van der Waals surface area contributed by atoms with E-state index in [9.17, 15) is 4.79 Å². The molecule has 0 atom stereocenters. The molecule has 0 unspecified atom stereocenters. The lowest BCUT2D eigenvalue weighted by Crippen LogP contribution is -2.27. The van der Waals surface area contributed by atoms with Gasteiger partial charge in [0.15, 0.2) is 5.82 Å². The molecule has 8 heteroatoms. The first-order chi connectivity index (χ1) is 10.2. The smallest absolute Gasteiger partial charge is 0.230 e. The third kappa shape index (κ3) is 4.89. The monoisotopic (exact) mass is 309 g/mol. The van der Waals surface area contributed by atoms with E-state index >= 15 is 0 Å². The SMILES string of the molecule is CC(C)n1nnnc1CSCC(=O)NCCc1ccco1. The summed E-state index contributed by atoms with van der Waals surface area (Å²) >= 11 is 1.50. The number of nitrogens with one attached hydrogen (secondary N) is 1. The minimum Gasteiger partial charge on any atom is -0.469 e. The second-order valence-corrected chi connectivity index (χ2v) is 5.79. The Bertz CT molecular complexity index is 553. The number of tetrazole rings is 1. The zero-order valence-electron chi connectivity index (χ0n) is 12.2. The Hall–Kier alpha value is -1.83. The lowest BCUT2D eigenvalue weighted by Gasteiger charge is -2.07. The van der Waals surface area contributed by atoms with Crippen molar-refractivity contribution in [1.29, 1.82) is 0 Å². The summed E-state index contributed by atoms with van der Waals surface area (Å²) in [5.74, 6) is 2.69. The van der Waals surface area contributed by atoms with Gasteiger partial charge in [-0.1, -0.05) is 0 Å². The highest BCUT2D eigenvalue weighted by Gasteiger charge is 2.10. The van der Waals surface area contributed by atoms with Crippen LogP contribution in [0.3, 0.4) is 0 Å². The molecular weight excluding hydrogens is 290 g/mol. The van der Waals surface area contributed by atoms with Crippen molar-refractivity contribution in [2.24, 2.45) is 0 Å². The molecule has 21 heavy (non-hydrogen) atoms. The molecule has 2 aromatic rings. The third-order valence-corrected chi connectivity index (χ3v) is 3.72. The molecule has 7 nitrogen and oxygen atoms in total. The van der Waals surface area contributed by atoms with Gasteiger partial charge in [0.2, 0.25) is 5.91 Å². The Kier molecular flexibility index (Phi) is 5.79. The Morgan fingerprint density at radius 3 is 3.10 bits per heavy atom. The van der Waals surface area contributed by atoms with Crippen LogP contribution in [0.25, 0.3) is 0 Å². The van der Waals surface area contributed by atoms with Crippen LogP contribution in [0.4, 0.5) is 0 Å². The second-order valence-electron chi connectivity index (χ2n) is 4.81. The van der Waals surface area contributed by atoms with Crippen molar-refractivity contribution in [1.82, 2.24) is 25.5 Å². The Labute approximate surface area is 127 Å². The number of rotatable bonds is 8. The molecule has 0 spiro atoms. The van der Waals surface area contributed by atoms with Gasteiger partial charge in [0.25, 0.3) is 0 Å². The highest BCUT2D eigenvalue weighted by Crippen LogP contribution is 2.12. The van der Waals surface area contributed by atoms with Gasteiger partial charge < -0.3 is 9.73 Å². The molecule has 114 valence electrons. The van der Waals surface area contributed by atoms with Crippen molar-refractivity contribution in [3.8, 4) is 0 Å². The normalized spacial score (nSPS) is 11.0. The van der Waals surface area contributed by atoms with Crippen molar-refractivity contribution in [3.63, 3.8) is 0 Å². The van der Waals surface area contributed by atoms with E-state index in [4.69, 9.17) is 4.42 Å². The van der Waals surface area contributed by atoms with Crippen molar-refractivity contribution in [3.05, 3.63) is 30.0 Å². The largest absolute Gasteiger partial charge is 0.469 e. The Balaban J connectivity index is 1.64. The van der Waals surface area contributed by atoms with Crippen LogP contribution in [0.2, 0.25) is 0 Å². The summed E-state index contributed by atoms with van der Waals surface area (Å²) in [5, 5.41) is 14.4. The van der Waals surface area contributed by atoms with E-state index in [1.165, 1.54) is 11.8 Å². The second kappa shape index (κ2) is 7.82. The molecule has 0 saturated carbocycles. The molecule has 0 aromatic carbocycles. The fraction of sp³-hybridized carbons (Fsp3) is 0.538. The first kappa shape index (κ1) is 15.6. The van der Waals surface area contributed by atoms with E-state index in [-0.39, 0.29) is 11.9 Å². The fourth-order valence-electron chi connectivity index (χ4n) is 1.77. The van der Waals surface area contributed by atoms with Gasteiger partial charge in [0.1, 0.15) is 5.76 Å². The number of thioether (sulfide) groups is 1. The maximum absolute atomic E-state index is 11.7. The minimum absolute atomic E-state index is 0.00938. The molecule has 0 aliphatic rings. The number of amides is 1. The lowest BCUT2D eigenvalue weighted by molar-refractivity contribution is -0.118. The van der Waals surface area contributed by atoms with Crippen LogP contribution >= 0.6 is 11.8 Å². The lowest BCUT2D eigenvalue weighted by atomic mass is 10.3. The first-order valence-electron chi connectivity index (χ1n) is 6.80. The van der Waals surface area contributed by atoms with Gasteiger partial charge >= 0.3 is 0 Å². The van der Waals surface area contributed by atoms with Crippen molar-refractivity contribution in [2.45, 2.75) is 32.1 Å². The van der Waals surface area contributed by atoms with E-state index in [2.05, 4.69) is 20.8 Å². The molecule has 2 aromatic heterocycles. The Morgan fingerprint density at radius 2 is 2.38 bits per heavy atom. The zero-order chi connectivity index (χ0) is 15.1. The average Bonchev–Trinajstić information content (AvgIpc) is 3.09. The van der Waals surface area contributed by atoms with Gasteiger partial charge in [-0.3, -0.25) is 4.79 Å². The van der Waals surface area contributed by atoms with Gasteiger partial charge in [-0.2, -0.15) is 0 Å². The van der Waals surface area contributed by atoms with Gasteiger partial charge in [-0.05, 0) is 36.4 Å². The van der Waals surface area contributed by atoms with Crippen LogP contribution in [-0.4, -0.2) is 38.4 Å². The molecular formula is C13H19N5O2S. The van der Waals surface area contributed by atoms with Crippen LogP contribution in [-0.2, 0) is 17.0 Å². The molecule has 0 saturated heterocycles. The summed E-state index contributed by atoms with van der Waals surface area (Å²) in [6.07, 6.45) is 2.33. The third-order valence-electron chi connectivity index (χ3n) is 2.79. The maximum Gasteiger partial charge on any atom is 0.230 e. The van der Waals surface area contributed by atoms with E-state index in [0.29, 0.717) is 24.5 Å². The average molecular weight is 309 g/mol. The van der Waals surface area contributed by atoms with E-state index in [1.54, 1.807) is 10.9 Å². The molecule has 0 aliphatic heterocycles. The molecule has 0 fully saturated rings.